The fraction of sp³-hybridized carbons (Fsp3) is 0.357. The van der Waals surface area contributed by atoms with Gasteiger partial charge in [-0.25, -0.2) is 9.69 Å². The number of hydrogen-bond donors (Lipinski definition) is 4. The average molecular weight is 308 g/mol. The zero-order chi connectivity index (χ0) is 16.5. The molecule has 1 unspecified atom stereocenters. The number of guanidine groups is 1. The number of aliphatic carboxylic acids is 1. The van der Waals surface area contributed by atoms with Crippen LogP contribution in [0, 0.1) is 5.41 Å². The van der Waals surface area contributed by atoms with Crippen molar-refractivity contribution in [3.63, 3.8) is 0 Å². The first-order chi connectivity index (χ1) is 10.4. The van der Waals surface area contributed by atoms with Crippen LogP contribution in [0.15, 0.2) is 30.3 Å². The Morgan fingerprint density at radius 1 is 1.32 bits per heavy atom. The monoisotopic (exact) mass is 308 g/mol. The van der Waals surface area contributed by atoms with Crippen molar-refractivity contribution in [1.29, 1.82) is 5.41 Å². The van der Waals surface area contributed by atoms with Crippen molar-refractivity contribution in [2.24, 2.45) is 11.5 Å². The van der Waals surface area contributed by atoms with E-state index in [0.29, 0.717) is 6.42 Å². The van der Waals surface area contributed by atoms with E-state index in [4.69, 9.17) is 26.7 Å². The summed E-state index contributed by atoms with van der Waals surface area (Å²) in [5, 5.41) is 16.1. The number of carbonyl (C=O) groups is 2. The number of hydrogen-bond acceptors (Lipinski definition) is 5. The van der Waals surface area contributed by atoms with Gasteiger partial charge in [0.05, 0.1) is 0 Å². The van der Waals surface area contributed by atoms with Crippen molar-refractivity contribution >= 4 is 18.0 Å². The van der Waals surface area contributed by atoms with Gasteiger partial charge >= 0.3 is 12.1 Å². The molecule has 1 aromatic rings. The maximum absolute atomic E-state index is 11.9. The van der Waals surface area contributed by atoms with Gasteiger partial charge in [-0.05, 0) is 18.4 Å². The van der Waals surface area contributed by atoms with E-state index in [1.807, 2.05) is 18.2 Å². The summed E-state index contributed by atoms with van der Waals surface area (Å²) in [4.78, 5) is 23.4. The lowest BCUT2D eigenvalue weighted by atomic mass is 10.1. The molecule has 0 spiro atoms. The number of benzene rings is 1. The Hall–Kier alpha value is -2.61. The number of rotatable bonds is 7. The summed E-state index contributed by atoms with van der Waals surface area (Å²) < 4.78 is 5.08. The van der Waals surface area contributed by atoms with Gasteiger partial charge in [0, 0.05) is 6.54 Å². The topological polar surface area (TPSA) is 143 Å². The molecular weight excluding hydrogens is 288 g/mol. The molecule has 0 aliphatic carbocycles. The van der Waals surface area contributed by atoms with Gasteiger partial charge in [-0.2, -0.15) is 0 Å². The minimum absolute atomic E-state index is 0.0676. The van der Waals surface area contributed by atoms with Gasteiger partial charge in [0.15, 0.2) is 5.96 Å². The van der Waals surface area contributed by atoms with Gasteiger partial charge in [0.25, 0.3) is 0 Å². The summed E-state index contributed by atoms with van der Waals surface area (Å²) in [6.07, 6.45) is -0.279. The second-order valence-electron chi connectivity index (χ2n) is 4.66. The van der Waals surface area contributed by atoms with E-state index in [1.165, 1.54) is 0 Å². The Morgan fingerprint density at radius 3 is 2.50 bits per heavy atom. The molecule has 0 bridgehead atoms. The molecule has 0 heterocycles. The SMILES string of the molecule is N=C(N)N(CCCC(N)C(=O)O)C(=O)OCc1ccccc1. The first-order valence-electron chi connectivity index (χ1n) is 6.72. The van der Waals surface area contributed by atoms with Gasteiger partial charge < -0.3 is 21.3 Å². The van der Waals surface area contributed by atoms with E-state index in [-0.39, 0.29) is 19.6 Å². The van der Waals surface area contributed by atoms with Gasteiger partial charge in [-0.3, -0.25) is 10.2 Å². The molecule has 8 nitrogen and oxygen atoms in total. The van der Waals surface area contributed by atoms with E-state index < -0.39 is 24.1 Å². The molecule has 1 rings (SSSR count). The number of nitrogens with one attached hydrogen (secondary N) is 1. The van der Waals surface area contributed by atoms with Crippen molar-refractivity contribution in [3.8, 4) is 0 Å². The van der Waals surface area contributed by atoms with Crippen LogP contribution in [0.3, 0.4) is 0 Å². The van der Waals surface area contributed by atoms with Gasteiger partial charge in [-0.1, -0.05) is 30.3 Å². The fourth-order valence-corrected chi connectivity index (χ4v) is 1.70. The highest BCUT2D eigenvalue weighted by Gasteiger charge is 2.19. The molecule has 0 aromatic heterocycles. The molecule has 8 heteroatoms. The molecule has 0 radical (unpaired) electrons. The largest absolute Gasteiger partial charge is 0.480 e. The third-order valence-corrected chi connectivity index (χ3v) is 2.93. The number of nitrogens with two attached hydrogens (primary N) is 2. The van der Waals surface area contributed by atoms with Crippen LogP contribution in [0.25, 0.3) is 0 Å². The molecule has 0 aliphatic rings. The first kappa shape index (κ1) is 17.4. The van der Waals surface area contributed by atoms with Crippen LogP contribution in [0.1, 0.15) is 18.4 Å². The molecule has 22 heavy (non-hydrogen) atoms. The Bertz CT molecular complexity index is 521. The van der Waals surface area contributed by atoms with E-state index in [1.54, 1.807) is 12.1 Å². The predicted molar refractivity (Wildman–Crippen MR) is 80.1 cm³/mol. The van der Waals surface area contributed by atoms with Crippen molar-refractivity contribution in [3.05, 3.63) is 35.9 Å². The minimum atomic E-state index is -1.11. The summed E-state index contributed by atoms with van der Waals surface area (Å²) in [6, 6.07) is 8.08. The smallest absolute Gasteiger partial charge is 0.416 e. The number of carboxylic acids is 1. The van der Waals surface area contributed by atoms with Crippen LogP contribution < -0.4 is 11.5 Å². The molecule has 0 saturated heterocycles. The van der Waals surface area contributed by atoms with E-state index >= 15 is 0 Å². The summed E-state index contributed by atoms with van der Waals surface area (Å²) in [7, 11) is 0. The first-order valence-corrected chi connectivity index (χ1v) is 6.72. The van der Waals surface area contributed by atoms with Crippen molar-refractivity contribution in [1.82, 2.24) is 4.90 Å². The van der Waals surface area contributed by atoms with Crippen LogP contribution >= 0.6 is 0 Å². The fourth-order valence-electron chi connectivity index (χ4n) is 1.70. The number of carbonyl (C=O) groups excluding carboxylic acids is 1. The molecule has 6 N–H and O–H groups in total. The quantitative estimate of drug-likeness (QED) is 0.431. The standard InChI is InChI=1S/C14H20N4O4/c15-11(12(19)20)7-4-8-18(13(16)17)14(21)22-9-10-5-2-1-3-6-10/h1-3,5-6,11H,4,7-9,15H2,(H3,16,17)(H,19,20). The molecule has 0 aliphatic heterocycles. The third kappa shape index (κ3) is 5.80. The molecule has 1 amide bonds. The van der Waals surface area contributed by atoms with Crippen molar-refractivity contribution < 1.29 is 19.4 Å². The predicted octanol–water partition coefficient (Wildman–Crippen LogP) is 0.711. The summed E-state index contributed by atoms with van der Waals surface area (Å²) >= 11 is 0. The normalized spacial score (nSPS) is 11.5. The lowest BCUT2D eigenvalue weighted by Gasteiger charge is -2.20. The van der Waals surface area contributed by atoms with Crippen molar-refractivity contribution in [2.45, 2.75) is 25.5 Å². The zero-order valence-electron chi connectivity index (χ0n) is 12.1. The van der Waals surface area contributed by atoms with Gasteiger partial charge in [-0.15, -0.1) is 0 Å². The van der Waals surface area contributed by atoms with Gasteiger partial charge in [0.2, 0.25) is 0 Å². The Labute approximate surface area is 128 Å². The van der Waals surface area contributed by atoms with E-state index in [9.17, 15) is 9.59 Å². The molecule has 0 fully saturated rings. The van der Waals surface area contributed by atoms with Crippen LogP contribution in [0.4, 0.5) is 4.79 Å². The number of ether oxygens (including phenoxy) is 1. The highest BCUT2D eigenvalue weighted by Crippen LogP contribution is 2.05. The van der Waals surface area contributed by atoms with Crippen LogP contribution in [-0.2, 0) is 16.1 Å². The number of amides is 1. The summed E-state index contributed by atoms with van der Waals surface area (Å²) in [5.74, 6) is -1.57. The molecule has 0 saturated carbocycles. The summed E-state index contributed by atoms with van der Waals surface area (Å²) in [6.45, 7) is 0.141. The Balaban J connectivity index is 2.46. The Kier molecular flexibility index (Phi) is 6.84. The second kappa shape index (κ2) is 8.63. The maximum Gasteiger partial charge on any atom is 0.416 e. The van der Waals surface area contributed by atoms with Crippen molar-refractivity contribution in [2.75, 3.05) is 6.54 Å². The highest BCUT2D eigenvalue weighted by atomic mass is 16.6. The highest BCUT2D eigenvalue weighted by molar-refractivity contribution is 5.91. The number of nitrogens with zero attached hydrogens (tertiary/aromatic N) is 1. The van der Waals surface area contributed by atoms with E-state index in [0.717, 1.165) is 10.5 Å². The zero-order valence-corrected chi connectivity index (χ0v) is 12.1. The lowest BCUT2D eigenvalue weighted by Crippen LogP contribution is -2.42. The third-order valence-electron chi connectivity index (χ3n) is 2.93. The van der Waals surface area contributed by atoms with Crippen LogP contribution in [-0.4, -0.2) is 40.6 Å². The minimum Gasteiger partial charge on any atom is -0.480 e. The molecule has 120 valence electrons. The Morgan fingerprint density at radius 2 is 1.95 bits per heavy atom. The van der Waals surface area contributed by atoms with Gasteiger partial charge in [0.1, 0.15) is 12.6 Å². The second-order valence-corrected chi connectivity index (χ2v) is 4.66. The van der Waals surface area contributed by atoms with Crippen LogP contribution in [0.5, 0.6) is 0 Å². The molecule has 1 aromatic carbocycles. The number of carboxylic acid groups (broad SMARTS) is 1. The summed E-state index contributed by atoms with van der Waals surface area (Å²) in [5.41, 5.74) is 11.5. The molecule has 1 atom stereocenters. The van der Waals surface area contributed by atoms with E-state index in [2.05, 4.69) is 0 Å². The van der Waals surface area contributed by atoms with Crippen LogP contribution in [0.2, 0.25) is 0 Å². The average Bonchev–Trinajstić information content (AvgIpc) is 2.49. The lowest BCUT2D eigenvalue weighted by molar-refractivity contribution is -0.138. The maximum atomic E-state index is 11.9. The molecular formula is C14H20N4O4.